The summed E-state index contributed by atoms with van der Waals surface area (Å²) in [5.74, 6) is 1.41. The highest BCUT2D eigenvalue weighted by Gasteiger charge is 2.42. The number of rotatable bonds is 5. The zero-order valence-corrected chi connectivity index (χ0v) is 11.9. The van der Waals surface area contributed by atoms with Crippen LogP contribution in [0.2, 0.25) is 0 Å². The second kappa shape index (κ2) is 6.14. The molecule has 0 aromatic carbocycles. The molecule has 1 saturated heterocycles. The van der Waals surface area contributed by atoms with Crippen molar-refractivity contribution in [3.8, 4) is 0 Å². The number of hydrogen-bond acceptors (Lipinski definition) is 4. The van der Waals surface area contributed by atoms with Crippen molar-refractivity contribution >= 4 is 0 Å². The van der Waals surface area contributed by atoms with Crippen LogP contribution in [0.1, 0.15) is 27.2 Å². The molecule has 1 aliphatic heterocycles. The first-order valence-corrected chi connectivity index (χ1v) is 6.48. The maximum atomic E-state index is 5.98. The van der Waals surface area contributed by atoms with E-state index in [2.05, 4.69) is 25.7 Å². The van der Waals surface area contributed by atoms with Crippen molar-refractivity contribution in [2.45, 2.75) is 39.0 Å². The van der Waals surface area contributed by atoms with Crippen molar-refractivity contribution in [1.29, 1.82) is 0 Å². The molecule has 0 saturated carbocycles. The molecule has 0 aromatic heterocycles. The van der Waals surface area contributed by atoms with Crippen molar-refractivity contribution in [2.24, 2.45) is 17.6 Å². The molecule has 0 spiro atoms. The zero-order valence-electron chi connectivity index (χ0n) is 11.9. The summed E-state index contributed by atoms with van der Waals surface area (Å²) in [6.45, 7) is 9.42. The van der Waals surface area contributed by atoms with E-state index in [0.717, 1.165) is 13.1 Å². The molecule has 0 amide bonds. The third kappa shape index (κ3) is 3.19. The number of ether oxygens (including phenoxy) is 2. The molecule has 0 aromatic rings. The van der Waals surface area contributed by atoms with Crippen LogP contribution in [0.4, 0.5) is 0 Å². The fourth-order valence-corrected chi connectivity index (χ4v) is 3.06. The quantitative estimate of drug-likeness (QED) is 0.741. The van der Waals surface area contributed by atoms with Gasteiger partial charge >= 0.3 is 0 Å². The summed E-state index contributed by atoms with van der Waals surface area (Å²) < 4.78 is 10.9. The van der Waals surface area contributed by atoms with Gasteiger partial charge in [0.05, 0.1) is 5.54 Å². The Kier molecular flexibility index (Phi) is 5.38. The van der Waals surface area contributed by atoms with Crippen molar-refractivity contribution in [2.75, 3.05) is 33.9 Å². The molecule has 4 nitrogen and oxygen atoms in total. The second-order valence-corrected chi connectivity index (χ2v) is 5.72. The molecule has 0 aliphatic carbocycles. The minimum atomic E-state index is -0.273. The first-order chi connectivity index (χ1) is 7.97. The molecule has 1 heterocycles. The largest absolute Gasteiger partial charge is 0.354 e. The minimum absolute atomic E-state index is 0.244. The second-order valence-electron chi connectivity index (χ2n) is 5.72. The molecule has 1 fully saturated rings. The van der Waals surface area contributed by atoms with Crippen molar-refractivity contribution in [3.63, 3.8) is 0 Å². The summed E-state index contributed by atoms with van der Waals surface area (Å²) >= 11 is 0. The molecule has 4 heteroatoms. The number of piperidine rings is 1. The summed E-state index contributed by atoms with van der Waals surface area (Å²) in [6.07, 6.45) is 1.02. The van der Waals surface area contributed by atoms with Crippen LogP contribution >= 0.6 is 0 Å². The van der Waals surface area contributed by atoms with Crippen LogP contribution in [0.15, 0.2) is 0 Å². The van der Waals surface area contributed by atoms with Gasteiger partial charge in [-0.05, 0) is 25.2 Å². The standard InChI is InChI=1S/C13H28N2O2/c1-10-6-11(2)8-15(7-10)13(3,9-14)12(16-4)17-5/h10-12H,6-9,14H2,1-5H3. The minimum Gasteiger partial charge on any atom is -0.354 e. The summed E-state index contributed by atoms with van der Waals surface area (Å²) in [6, 6.07) is 0. The summed E-state index contributed by atoms with van der Waals surface area (Å²) in [5.41, 5.74) is 5.74. The molecular weight excluding hydrogens is 216 g/mol. The van der Waals surface area contributed by atoms with Crippen LogP contribution in [0, 0.1) is 11.8 Å². The van der Waals surface area contributed by atoms with Gasteiger partial charge in [-0.1, -0.05) is 13.8 Å². The van der Waals surface area contributed by atoms with Crippen LogP contribution in [-0.4, -0.2) is 50.6 Å². The maximum absolute atomic E-state index is 5.98. The summed E-state index contributed by atoms with van der Waals surface area (Å²) in [7, 11) is 3.36. The number of nitrogens with two attached hydrogens (primary N) is 1. The highest BCUT2D eigenvalue weighted by molar-refractivity contribution is 4.94. The molecule has 17 heavy (non-hydrogen) atoms. The first kappa shape index (κ1) is 14.9. The topological polar surface area (TPSA) is 47.7 Å². The number of likely N-dealkylation sites (tertiary alicyclic amines) is 1. The fourth-order valence-electron chi connectivity index (χ4n) is 3.06. The van der Waals surface area contributed by atoms with E-state index in [9.17, 15) is 0 Å². The summed E-state index contributed by atoms with van der Waals surface area (Å²) in [4.78, 5) is 2.43. The molecule has 1 aliphatic rings. The van der Waals surface area contributed by atoms with E-state index in [1.54, 1.807) is 14.2 Å². The lowest BCUT2D eigenvalue weighted by Gasteiger charge is -2.48. The van der Waals surface area contributed by atoms with Gasteiger partial charge in [0.2, 0.25) is 0 Å². The zero-order chi connectivity index (χ0) is 13.1. The van der Waals surface area contributed by atoms with E-state index >= 15 is 0 Å². The Hall–Kier alpha value is -0.160. The van der Waals surface area contributed by atoms with E-state index in [4.69, 9.17) is 15.2 Å². The van der Waals surface area contributed by atoms with E-state index < -0.39 is 0 Å². The Morgan fingerprint density at radius 2 is 1.71 bits per heavy atom. The monoisotopic (exact) mass is 244 g/mol. The Morgan fingerprint density at radius 3 is 2.06 bits per heavy atom. The van der Waals surface area contributed by atoms with Crippen LogP contribution in [0.25, 0.3) is 0 Å². The van der Waals surface area contributed by atoms with Gasteiger partial charge in [-0.3, -0.25) is 4.90 Å². The number of nitrogens with zero attached hydrogens (tertiary/aromatic N) is 1. The number of methoxy groups -OCH3 is 2. The van der Waals surface area contributed by atoms with Gasteiger partial charge in [0.1, 0.15) is 0 Å². The van der Waals surface area contributed by atoms with Crippen molar-refractivity contribution in [3.05, 3.63) is 0 Å². The van der Waals surface area contributed by atoms with Gasteiger partial charge in [0.15, 0.2) is 6.29 Å². The summed E-state index contributed by atoms with van der Waals surface area (Å²) in [5, 5.41) is 0. The lowest BCUT2D eigenvalue weighted by Crippen LogP contribution is -2.63. The highest BCUT2D eigenvalue weighted by atomic mass is 16.7. The average molecular weight is 244 g/mol. The third-order valence-corrected chi connectivity index (χ3v) is 3.94. The Labute approximate surface area is 105 Å². The predicted molar refractivity (Wildman–Crippen MR) is 69.8 cm³/mol. The lowest BCUT2D eigenvalue weighted by atomic mass is 9.87. The van der Waals surface area contributed by atoms with Gasteiger partial charge in [0, 0.05) is 33.9 Å². The predicted octanol–water partition coefficient (Wildman–Crippen LogP) is 1.30. The normalized spacial score (nSPS) is 30.5. The van der Waals surface area contributed by atoms with Gasteiger partial charge in [-0.15, -0.1) is 0 Å². The Bertz CT molecular complexity index is 223. The molecule has 3 atom stereocenters. The highest BCUT2D eigenvalue weighted by Crippen LogP contribution is 2.30. The van der Waals surface area contributed by atoms with E-state index in [1.165, 1.54) is 6.42 Å². The molecule has 1 rings (SSSR count). The van der Waals surface area contributed by atoms with Gasteiger partial charge in [-0.25, -0.2) is 0 Å². The van der Waals surface area contributed by atoms with Crippen LogP contribution in [0.5, 0.6) is 0 Å². The molecule has 102 valence electrons. The van der Waals surface area contributed by atoms with E-state index in [0.29, 0.717) is 18.4 Å². The number of hydrogen-bond donors (Lipinski definition) is 1. The van der Waals surface area contributed by atoms with Crippen LogP contribution < -0.4 is 5.73 Å². The molecule has 0 radical (unpaired) electrons. The maximum Gasteiger partial charge on any atom is 0.176 e. The van der Waals surface area contributed by atoms with Gasteiger partial charge < -0.3 is 15.2 Å². The first-order valence-electron chi connectivity index (χ1n) is 6.48. The molecule has 3 unspecified atom stereocenters. The van der Waals surface area contributed by atoms with Crippen LogP contribution in [0.3, 0.4) is 0 Å². The van der Waals surface area contributed by atoms with Crippen LogP contribution in [-0.2, 0) is 9.47 Å². The van der Waals surface area contributed by atoms with Gasteiger partial charge in [-0.2, -0.15) is 0 Å². The van der Waals surface area contributed by atoms with Gasteiger partial charge in [0.25, 0.3) is 0 Å². The Balaban J connectivity index is 2.83. The average Bonchev–Trinajstić information content (AvgIpc) is 2.28. The van der Waals surface area contributed by atoms with E-state index in [-0.39, 0.29) is 11.8 Å². The lowest BCUT2D eigenvalue weighted by molar-refractivity contribution is -0.188. The van der Waals surface area contributed by atoms with Crippen molar-refractivity contribution in [1.82, 2.24) is 4.90 Å². The fraction of sp³-hybridized carbons (Fsp3) is 1.00. The SMILES string of the molecule is COC(OC)C(C)(CN)N1CC(C)CC(C)C1. The Morgan fingerprint density at radius 1 is 1.24 bits per heavy atom. The smallest absolute Gasteiger partial charge is 0.176 e. The van der Waals surface area contributed by atoms with E-state index in [1.807, 2.05) is 0 Å². The molecular formula is C13H28N2O2. The third-order valence-electron chi connectivity index (χ3n) is 3.94. The molecule has 0 bridgehead atoms. The molecule has 2 N–H and O–H groups in total. The van der Waals surface area contributed by atoms with Crippen molar-refractivity contribution < 1.29 is 9.47 Å².